The van der Waals surface area contributed by atoms with Crippen LogP contribution in [-0.4, -0.2) is 37.4 Å². The largest absolute Gasteiger partial charge is 0.573 e. The molecule has 0 bridgehead atoms. The summed E-state index contributed by atoms with van der Waals surface area (Å²) in [4.78, 5) is 2.10. The van der Waals surface area contributed by atoms with Gasteiger partial charge in [-0.05, 0) is 17.7 Å². The second-order valence-corrected chi connectivity index (χ2v) is 4.78. The lowest BCUT2D eigenvalue weighted by atomic mass is 10.0. The molecule has 4 nitrogen and oxygen atoms in total. The highest BCUT2D eigenvalue weighted by molar-refractivity contribution is 5.31. The predicted molar refractivity (Wildman–Crippen MR) is 70.5 cm³/mol. The van der Waals surface area contributed by atoms with Gasteiger partial charge in [0.05, 0.1) is 12.5 Å². The van der Waals surface area contributed by atoms with Crippen molar-refractivity contribution >= 4 is 0 Å². The van der Waals surface area contributed by atoms with Crippen LogP contribution in [0.25, 0.3) is 0 Å². The Morgan fingerprint density at radius 3 is 2.67 bits per heavy atom. The Balaban J connectivity index is 2.19. The first kappa shape index (κ1) is 15.6. The molecule has 0 radical (unpaired) electrons. The van der Waals surface area contributed by atoms with Crippen molar-refractivity contribution in [3.63, 3.8) is 0 Å². The van der Waals surface area contributed by atoms with E-state index in [-0.39, 0.29) is 18.2 Å². The van der Waals surface area contributed by atoms with E-state index in [4.69, 9.17) is 5.26 Å². The minimum absolute atomic E-state index is 0.214. The van der Waals surface area contributed by atoms with Gasteiger partial charge in [0.2, 0.25) is 0 Å². The summed E-state index contributed by atoms with van der Waals surface area (Å²) in [6.07, 6.45) is -4.48. The maximum absolute atomic E-state index is 12.3. The van der Waals surface area contributed by atoms with E-state index in [1.807, 2.05) is 0 Å². The molecule has 1 aliphatic rings. The Labute approximate surface area is 121 Å². The van der Waals surface area contributed by atoms with Gasteiger partial charge in [-0.2, -0.15) is 5.26 Å². The van der Waals surface area contributed by atoms with Crippen molar-refractivity contribution in [1.82, 2.24) is 10.2 Å². The van der Waals surface area contributed by atoms with Gasteiger partial charge in [-0.15, -0.1) is 13.2 Å². The summed E-state index contributed by atoms with van der Waals surface area (Å²) in [7, 11) is 0. The predicted octanol–water partition coefficient (Wildman–Crippen LogP) is 2.45. The van der Waals surface area contributed by atoms with Crippen molar-refractivity contribution in [1.29, 1.82) is 5.26 Å². The number of nitrogens with one attached hydrogen (secondary N) is 1. The lowest BCUT2D eigenvalue weighted by Crippen LogP contribution is -2.45. The molecule has 1 heterocycles. The summed E-state index contributed by atoms with van der Waals surface area (Å²) in [5.41, 5.74) is 0.667. The summed E-state index contributed by atoms with van der Waals surface area (Å²) in [6.45, 7) is 3.13. The summed E-state index contributed by atoms with van der Waals surface area (Å²) >= 11 is 0. The smallest absolute Gasteiger partial charge is 0.406 e. The summed E-state index contributed by atoms with van der Waals surface area (Å²) < 4.78 is 40.8. The molecular formula is C14H16F3N3O. The van der Waals surface area contributed by atoms with E-state index in [0.717, 1.165) is 26.2 Å². The van der Waals surface area contributed by atoms with Crippen LogP contribution >= 0.6 is 0 Å². The first-order chi connectivity index (χ1) is 9.99. The number of ether oxygens (including phenoxy) is 1. The zero-order valence-corrected chi connectivity index (χ0v) is 11.4. The van der Waals surface area contributed by atoms with E-state index in [0.29, 0.717) is 5.56 Å². The molecule has 1 aromatic carbocycles. The Kier molecular flexibility index (Phi) is 5.04. The third kappa shape index (κ3) is 4.62. The van der Waals surface area contributed by atoms with Crippen molar-refractivity contribution < 1.29 is 17.9 Å². The van der Waals surface area contributed by atoms with E-state index in [9.17, 15) is 13.2 Å². The van der Waals surface area contributed by atoms with Crippen LogP contribution in [0.1, 0.15) is 18.0 Å². The van der Waals surface area contributed by atoms with Crippen LogP contribution in [0.4, 0.5) is 13.2 Å². The number of nitriles is 1. The van der Waals surface area contributed by atoms with Gasteiger partial charge in [0.1, 0.15) is 5.75 Å². The van der Waals surface area contributed by atoms with E-state index >= 15 is 0 Å². The van der Waals surface area contributed by atoms with Crippen molar-refractivity contribution in [2.75, 3.05) is 26.2 Å². The Morgan fingerprint density at radius 1 is 1.33 bits per heavy atom. The monoisotopic (exact) mass is 299 g/mol. The molecule has 114 valence electrons. The first-order valence-corrected chi connectivity index (χ1v) is 6.67. The zero-order valence-electron chi connectivity index (χ0n) is 11.4. The average Bonchev–Trinajstić information content (AvgIpc) is 2.44. The minimum atomic E-state index is -4.71. The van der Waals surface area contributed by atoms with Gasteiger partial charge in [0.25, 0.3) is 0 Å². The lowest BCUT2D eigenvalue weighted by molar-refractivity contribution is -0.274. The van der Waals surface area contributed by atoms with Crippen LogP contribution in [0.15, 0.2) is 24.3 Å². The van der Waals surface area contributed by atoms with Crippen LogP contribution in [0.2, 0.25) is 0 Å². The number of piperazine rings is 1. The molecule has 0 amide bonds. The molecule has 1 N–H and O–H groups in total. The second-order valence-electron chi connectivity index (χ2n) is 4.78. The highest BCUT2D eigenvalue weighted by atomic mass is 19.4. The van der Waals surface area contributed by atoms with Crippen LogP contribution in [-0.2, 0) is 0 Å². The van der Waals surface area contributed by atoms with Crippen LogP contribution in [0.5, 0.6) is 5.75 Å². The molecule has 0 saturated carbocycles. The molecule has 1 atom stereocenters. The van der Waals surface area contributed by atoms with Crippen molar-refractivity contribution in [3.8, 4) is 11.8 Å². The van der Waals surface area contributed by atoms with Gasteiger partial charge >= 0.3 is 6.36 Å². The summed E-state index contributed by atoms with van der Waals surface area (Å²) in [5.74, 6) is -0.252. The Hall–Kier alpha value is -1.78. The standard InChI is InChI=1S/C14H16F3N3O/c15-14(16,17)21-12-3-1-2-11(10-12)13(4-5-18)20-8-6-19-7-9-20/h1-3,10,13,19H,4,6-9H2/t13-/m1/s1. The number of hydrogen-bond acceptors (Lipinski definition) is 4. The van der Waals surface area contributed by atoms with Crippen molar-refractivity contribution in [3.05, 3.63) is 29.8 Å². The van der Waals surface area contributed by atoms with Crippen LogP contribution in [0, 0.1) is 11.3 Å². The van der Waals surface area contributed by atoms with Crippen molar-refractivity contribution in [2.45, 2.75) is 18.8 Å². The molecule has 1 aliphatic heterocycles. The molecular weight excluding hydrogens is 283 g/mol. The van der Waals surface area contributed by atoms with Gasteiger partial charge in [0.15, 0.2) is 0 Å². The third-order valence-corrected chi connectivity index (χ3v) is 3.35. The minimum Gasteiger partial charge on any atom is -0.406 e. The quantitative estimate of drug-likeness (QED) is 0.927. The Bertz CT molecular complexity index is 507. The maximum atomic E-state index is 12.3. The number of hydrogen-bond donors (Lipinski definition) is 1. The number of benzene rings is 1. The average molecular weight is 299 g/mol. The zero-order chi connectivity index (χ0) is 15.3. The SMILES string of the molecule is N#CC[C@H](c1cccc(OC(F)(F)F)c1)N1CCNCC1. The molecule has 1 fully saturated rings. The fourth-order valence-electron chi connectivity index (χ4n) is 2.46. The van der Waals surface area contributed by atoms with Gasteiger partial charge < -0.3 is 10.1 Å². The molecule has 1 saturated heterocycles. The van der Waals surface area contributed by atoms with Gasteiger partial charge in [-0.25, -0.2) is 0 Å². The molecule has 0 aliphatic carbocycles. The molecule has 0 aromatic heterocycles. The molecule has 7 heteroatoms. The second kappa shape index (κ2) is 6.78. The molecule has 21 heavy (non-hydrogen) atoms. The summed E-state index contributed by atoms with van der Waals surface area (Å²) in [5, 5.41) is 12.2. The van der Waals surface area contributed by atoms with Gasteiger partial charge in [0, 0.05) is 32.2 Å². The molecule has 0 spiro atoms. The van der Waals surface area contributed by atoms with E-state index in [1.165, 1.54) is 18.2 Å². The van der Waals surface area contributed by atoms with E-state index in [1.54, 1.807) is 6.07 Å². The van der Waals surface area contributed by atoms with Gasteiger partial charge in [-0.3, -0.25) is 4.90 Å². The summed E-state index contributed by atoms with van der Waals surface area (Å²) in [6, 6.07) is 7.76. The fourth-order valence-corrected chi connectivity index (χ4v) is 2.46. The van der Waals surface area contributed by atoms with Crippen LogP contribution < -0.4 is 10.1 Å². The first-order valence-electron chi connectivity index (χ1n) is 6.67. The number of rotatable bonds is 4. The Morgan fingerprint density at radius 2 is 2.05 bits per heavy atom. The normalized spacial score (nSPS) is 18.0. The molecule has 1 aromatic rings. The third-order valence-electron chi connectivity index (χ3n) is 3.35. The van der Waals surface area contributed by atoms with Gasteiger partial charge in [-0.1, -0.05) is 12.1 Å². The molecule has 2 rings (SSSR count). The maximum Gasteiger partial charge on any atom is 0.573 e. The topological polar surface area (TPSA) is 48.3 Å². The highest BCUT2D eigenvalue weighted by Crippen LogP contribution is 2.29. The van der Waals surface area contributed by atoms with E-state index < -0.39 is 6.36 Å². The lowest BCUT2D eigenvalue weighted by Gasteiger charge is -2.34. The number of alkyl halides is 3. The number of nitrogens with zero attached hydrogens (tertiary/aromatic N) is 2. The highest BCUT2D eigenvalue weighted by Gasteiger charge is 2.31. The number of halogens is 3. The van der Waals surface area contributed by atoms with Crippen LogP contribution in [0.3, 0.4) is 0 Å². The van der Waals surface area contributed by atoms with Crippen molar-refractivity contribution in [2.24, 2.45) is 0 Å². The van der Waals surface area contributed by atoms with E-state index in [2.05, 4.69) is 21.0 Å². The fraction of sp³-hybridized carbons (Fsp3) is 0.500. The molecule has 0 unspecified atom stereocenters.